The fraction of sp³-hybridized carbons (Fsp3) is 0.500. The highest BCUT2D eigenvalue weighted by molar-refractivity contribution is 5.74. The van der Waals surface area contributed by atoms with Crippen molar-refractivity contribution in [2.75, 3.05) is 0 Å². The maximum atomic E-state index is 13.5. The summed E-state index contributed by atoms with van der Waals surface area (Å²) in [5.74, 6) is -3.79. The Morgan fingerprint density at radius 1 is 1.33 bits per heavy atom. The van der Waals surface area contributed by atoms with Crippen LogP contribution in [0.1, 0.15) is 38.3 Å². The van der Waals surface area contributed by atoms with Gasteiger partial charge in [0.05, 0.1) is 5.41 Å². The van der Waals surface area contributed by atoms with Crippen molar-refractivity contribution >= 4 is 5.97 Å². The molecule has 2 nitrogen and oxygen atoms in total. The summed E-state index contributed by atoms with van der Waals surface area (Å²) in [6, 6.07) is 6.00. The van der Waals surface area contributed by atoms with Crippen LogP contribution >= 0.6 is 0 Å². The summed E-state index contributed by atoms with van der Waals surface area (Å²) in [5, 5.41) is 9.03. The second kappa shape index (κ2) is 5.04. The maximum absolute atomic E-state index is 13.5. The first-order valence-corrected chi connectivity index (χ1v) is 5.89. The fourth-order valence-electron chi connectivity index (χ4n) is 1.70. The van der Waals surface area contributed by atoms with Crippen LogP contribution in [0.2, 0.25) is 0 Å². The number of benzene rings is 1. The third-order valence-corrected chi connectivity index (χ3v) is 3.02. The largest absolute Gasteiger partial charge is 0.481 e. The highest BCUT2D eigenvalue weighted by Crippen LogP contribution is 2.32. The zero-order chi connectivity index (χ0) is 14.0. The Hall–Kier alpha value is -1.45. The molecule has 100 valence electrons. The van der Waals surface area contributed by atoms with Gasteiger partial charge in [-0.15, -0.1) is 0 Å². The van der Waals surface area contributed by atoms with Crippen LogP contribution in [-0.2, 0) is 17.1 Å². The Kier molecular flexibility index (Phi) is 4.09. The van der Waals surface area contributed by atoms with E-state index >= 15 is 0 Å². The van der Waals surface area contributed by atoms with Crippen LogP contribution in [0.4, 0.5) is 8.78 Å². The van der Waals surface area contributed by atoms with E-state index in [0.29, 0.717) is 5.56 Å². The molecule has 4 heteroatoms. The Balaban J connectivity index is 3.00. The first kappa shape index (κ1) is 14.6. The molecule has 0 saturated carbocycles. The lowest BCUT2D eigenvalue weighted by Gasteiger charge is -2.20. The molecule has 0 aliphatic carbocycles. The van der Waals surface area contributed by atoms with Crippen molar-refractivity contribution in [3.63, 3.8) is 0 Å². The molecule has 0 heterocycles. The van der Waals surface area contributed by atoms with E-state index in [9.17, 15) is 13.6 Å². The summed E-state index contributed by atoms with van der Waals surface area (Å²) in [4.78, 5) is 11.0. The molecule has 0 spiro atoms. The van der Waals surface area contributed by atoms with Crippen LogP contribution in [0, 0.1) is 5.41 Å². The molecule has 0 atom stereocenters. The number of carboxylic acid groups (broad SMARTS) is 1. The molecule has 0 unspecified atom stereocenters. The quantitative estimate of drug-likeness (QED) is 0.869. The molecule has 1 aromatic rings. The van der Waals surface area contributed by atoms with E-state index in [2.05, 4.69) is 0 Å². The molecule has 0 aromatic heterocycles. The van der Waals surface area contributed by atoms with E-state index in [1.807, 2.05) is 0 Å². The summed E-state index contributed by atoms with van der Waals surface area (Å²) in [5.41, 5.74) is -0.392. The van der Waals surface area contributed by atoms with Gasteiger partial charge in [0.1, 0.15) is 0 Å². The molecular weight excluding hydrogens is 238 g/mol. The van der Waals surface area contributed by atoms with Gasteiger partial charge < -0.3 is 5.11 Å². The number of alkyl halides is 2. The van der Waals surface area contributed by atoms with Crippen molar-refractivity contribution < 1.29 is 18.7 Å². The van der Waals surface area contributed by atoms with Gasteiger partial charge in [-0.2, -0.15) is 0 Å². The van der Waals surface area contributed by atoms with E-state index in [1.165, 1.54) is 19.1 Å². The normalized spacial score (nSPS) is 12.5. The lowest BCUT2D eigenvalue weighted by molar-refractivity contribution is -0.146. The third kappa shape index (κ3) is 3.28. The van der Waals surface area contributed by atoms with E-state index in [4.69, 9.17) is 5.11 Å². The van der Waals surface area contributed by atoms with Gasteiger partial charge in [-0.3, -0.25) is 4.79 Å². The van der Waals surface area contributed by atoms with Gasteiger partial charge >= 0.3 is 5.97 Å². The van der Waals surface area contributed by atoms with Crippen molar-refractivity contribution in [1.29, 1.82) is 0 Å². The number of halogens is 2. The van der Waals surface area contributed by atoms with Gasteiger partial charge in [-0.25, -0.2) is 8.78 Å². The molecule has 0 aliphatic rings. The van der Waals surface area contributed by atoms with Crippen LogP contribution < -0.4 is 0 Å². The van der Waals surface area contributed by atoms with Gasteiger partial charge in [-0.05, 0) is 31.9 Å². The van der Waals surface area contributed by atoms with Crippen molar-refractivity contribution in [3.8, 4) is 0 Å². The predicted molar refractivity (Wildman–Crippen MR) is 65.7 cm³/mol. The zero-order valence-electron chi connectivity index (χ0n) is 10.8. The summed E-state index contributed by atoms with van der Waals surface area (Å²) >= 11 is 0. The second-order valence-electron chi connectivity index (χ2n) is 5.12. The van der Waals surface area contributed by atoms with Crippen LogP contribution in [0.3, 0.4) is 0 Å². The van der Waals surface area contributed by atoms with E-state index in [0.717, 1.165) is 0 Å². The van der Waals surface area contributed by atoms with Crippen molar-refractivity contribution in [2.24, 2.45) is 5.41 Å². The summed E-state index contributed by atoms with van der Waals surface area (Å²) in [7, 11) is 0. The van der Waals surface area contributed by atoms with Crippen molar-refractivity contribution in [2.45, 2.75) is 39.5 Å². The number of carbonyl (C=O) groups is 1. The highest BCUT2D eigenvalue weighted by atomic mass is 19.3. The summed E-state index contributed by atoms with van der Waals surface area (Å²) < 4.78 is 27.1. The fourth-order valence-corrected chi connectivity index (χ4v) is 1.70. The van der Waals surface area contributed by atoms with Crippen LogP contribution in [0.15, 0.2) is 24.3 Å². The first-order valence-electron chi connectivity index (χ1n) is 5.89. The van der Waals surface area contributed by atoms with Crippen LogP contribution in [0.5, 0.6) is 0 Å². The van der Waals surface area contributed by atoms with E-state index in [1.54, 1.807) is 26.0 Å². The summed E-state index contributed by atoms with van der Waals surface area (Å²) in [6.45, 7) is 4.59. The molecule has 0 aliphatic heterocycles. The number of aliphatic carboxylic acids is 1. The Labute approximate surface area is 106 Å². The van der Waals surface area contributed by atoms with Crippen molar-refractivity contribution in [1.82, 2.24) is 0 Å². The Morgan fingerprint density at radius 2 is 1.94 bits per heavy atom. The predicted octanol–water partition coefficient (Wildman–Crippen LogP) is 3.84. The van der Waals surface area contributed by atoms with Crippen molar-refractivity contribution in [3.05, 3.63) is 35.4 Å². The Bertz CT molecular complexity index is 439. The number of hydrogen-bond donors (Lipinski definition) is 1. The number of hydrogen-bond acceptors (Lipinski definition) is 1. The maximum Gasteiger partial charge on any atom is 0.309 e. The minimum absolute atomic E-state index is 0.0521. The smallest absolute Gasteiger partial charge is 0.309 e. The molecule has 0 saturated heterocycles. The minimum Gasteiger partial charge on any atom is -0.481 e. The standard InChI is InChI=1S/C14H18F2O2/c1-4-14(15,16)11-7-5-6-10(8-11)9-13(2,3)12(17)18/h5-8H,4,9H2,1-3H3,(H,17,18). The van der Waals surface area contributed by atoms with E-state index in [-0.39, 0.29) is 18.4 Å². The average molecular weight is 256 g/mol. The van der Waals surface area contributed by atoms with Gasteiger partial charge in [-0.1, -0.05) is 25.1 Å². The number of carboxylic acids is 1. The van der Waals surface area contributed by atoms with Gasteiger partial charge in [0.25, 0.3) is 5.92 Å². The SMILES string of the molecule is CCC(F)(F)c1cccc(CC(C)(C)C(=O)O)c1. The third-order valence-electron chi connectivity index (χ3n) is 3.02. The topological polar surface area (TPSA) is 37.3 Å². The van der Waals surface area contributed by atoms with Gasteiger partial charge in [0.15, 0.2) is 0 Å². The average Bonchev–Trinajstić information content (AvgIpc) is 2.28. The molecule has 0 bridgehead atoms. The van der Waals surface area contributed by atoms with Gasteiger partial charge in [0.2, 0.25) is 0 Å². The molecule has 18 heavy (non-hydrogen) atoms. The molecule has 0 radical (unpaired) electrons. The second-order valence-corrected chi connectivity index (χ2v) is 5.12. The number of rotatable bonds is 5. The van der Waals surface area contributed by atoms with Crippen LogP contribution in [0.25, 0.3) is 0 Å². The van der Waals surface area contributed by atoms with Crippen LogP contribution in [-0.4, -0.2) is 11.1 Å². The molecule has 0 amide bonds. The molecule has 1 aromatic carbocycles. The van der Waals surface area contributed by atoms with E-state index < -0.39 is 17.3 Å². The highest BCUT2D eigenvalue weighted by Gasteiger charge is 2.31. The lowest BCUT2D eigenvalue weighted by Crippen LogP contribution is -2.26. The first-order chi connectivity index (χ1) is 8.19. The summed E-state index contributed by atoms with van der Waals surface area (Å²) in [6.07, 6.45) is -0.0330. The lowest BCUT2D eigenvalue weighted by atomic mass is 9.85. The monoisotopic (exact) mass is 256 g/mol. The Morgan fingerprint density at radius 3 is 2.44 bits per heavy atom. The molecule has 1 N–H and O–H groups in total. The minimum atomic E-state index is -2.86. The zero-order valence-corrected chi connectivity index (χ0v) is 10.8. The molecular formula is C14H18F2O2. The van der Waals surface area contributed by atoms with Gasteiger partial charge in [0, 0.05) is 12.0 Å². The molecule has 0 fully saturated rings. The molecule has 1 rings (SSSR count).